The fourth-order valence-corrected chi connectivity index (χ4v) is 4.39. The molecule has 0 saturated carbocycles. The molecule has 176 valence electrons. The van der Waals surface area contributed by atoms with E-state index in [2.05, 4.69) is 0 Å². The Kier molecular flexibility index (Phi) is 8.17. The summed E-state index contributed by atoms with van der Waals surface area (Å²) in [6, 6.07) is 6.63. The van der Waals surface area contributed by atoms with E-state index in [9.17, 15) is 30.4 Å². The normalized spacial score (nSPS) is 12.3. The molecule has 32 heavy (non-hydrogen) atoms. The molecule has 2 rings (SSSR count). The topological polar surface area (TPSA) is 127 Å². The second-order valence-electron chi connectivity index (χ2n) is 6.66. The lowest BCUT2D eigenvalue weighted by Gasteiger charge is -2.23. The second kappa shape index (κ2) is 10.1. The van der Waals surface area contributed by atoms with Crippen molar-refractivity contribution in [2.45, 2.75) is 4.90 Å². The highest BCUT2D eigenvalue weighted by Crippen LogP contribution is 2.31. The summed E-state index contributed by atoms with van der Waals surface area (Å²) in [5.41, 5.74) is 5.09. The van der Waals surface area contributed by atoms with Crippen molar-refractivity contribution in [2.24, 2.45) is 5.73 Å². The Morgan fingerprint density at radius 1 is 1.06 bits per heavy atom. The molecular weight excluding hydrogens is 492 g/mol. The molecule has 2 aromatic rings. The van der Waals surface area contributed by atoms with Crippen LogP contribution in [0.5, 0.6) is 11.5 Å². The van der Waals surface area contributed by atoms with Crippen LogP contribution in [-0.2, 0) is 24.8 Å². The standard InChI is InChI=1S/C18H20ClF2N3O6S2/c1-23(31(2,26)27)7-8-24(11-17(22)25)32(28,29)14-9-15(20)18(16(21)10-14)30-13-5-3-12(19)4-6-13/h3-6,9-10H,7-8,11H2,1-2H3,(H2,22,25). The van der Waals surface area contributed by atoms with Crippen molar-refractivity contribution in [3.8, 4) is 11.5 Å². The number of carbonyl (C=O) groups excluding carboxylic acids is 1. The van der Waals surface area contributed by atoms with Crippen molar-refractivity contribution in [1.82, 2.24) is 8.61 Å². The highest BCUT2D eigenvalue weighted by Gasteiger charge is 2.29. The monoisotopic (exact) mass is 511 g/mol. The number of carbonyl (C=O) groups is 1. The minimum atomic E-state index is -4.62. The molecule has 0 fully saturated rings. The molecule has 0 atom stereocenters. The number of halogens is 3. The Morgan fingerprint density at radius 3 is 2.06 bits per heavy atom. The number of nitrogens with zero attached hydrogens (tertiary/aromatic N) is 2. The quantitative estimate of drug-likeness (QED) is 0.518. The van der Waals surface area contributed by atoms with Crippen molar-refractivity contribution in [1.29, 1.82) is 0 Å². The lowest BCUT2D eigenvalue weighted by molar-refractivity contribution is -0.118. The fourth-order valence-electron chi connectivity index (χ4n) is 2.43. The van der Waals surface area contributed by atoms with Gasteiger partial charge in [0.15, 0.2) is 17.4 Å². The van der Waals surface area contributed by atoms with Gasteiger partial charge in [-0.05, 0) is 36.4 Å². The maximum atomic E-state index is 14.5. The van der Waals surface area contributed by atoms with Gasteiger partial charge in [-0.15, -0.1) is 0 Å². The largest absolute Gasteiger partial charge is 0.451 e. The zero-order valence-corrected chi connectivity index (χ0v) is 19.3. The third-order valence-electron chi connectivity index (χ3n) is 4.21. The maximum Gasteiger partial charge on any atom is 0.243 e. The number of sulfonamides is 2. The molecule has 0 aliphatic heterocycles. The summed E-state index contributed by atoms with van der Waals surface area (Å²) in [4.78, 5) is 10.5. The number of benzene rings is 2. The van der Waals surface area contributed by atoms with Crippen LogP contribution in [0, 0.1) is 11.6 Å². The molecule has 0 unspecified atom stereocenters. The maximum absolute atomic E-state index is 14.5. The lowest BCUT2D eigenvalue weighted by Crippen LogP contribution is -2.43. The van der Waals surface area contributed by atoms with Crippen molar-refractivity contribution >= 4 is 37.6 Å². The third kappa shape index (κ3) is 6.59. The van der Waals surface area contributed by atoms with Gasteiger partial charge < -0.3 is 10.5 Å². The van der Waals surface area contributed by atoms with E-state index in [0.29, 0.717) is 21.5 Å². The predicted molar refractivity (Wildman–Crippen MR) is 113 cm³/mol. The van der Waals surface area contributed by atoms with Crippen LogP contribution >= 0.6 is 11.6 Å². The summed E-state index contributed by atoms with van der Waals surface area (Å²) >= 11 is 5.74. The first-order valence-corrected chi connectivity index (χ1v) is 12.5. The van der Waals surface area contributed by atoms with Gasteiger partial charge in [0.1, 0.15) is 5.75 Å². The average molecular weight is 512 g/mol. The Balaban J connectivity index is 2.36. The molecule has 0 aliphatic rings. The summed E-state index contributed by atoms with van der Waals surface area (Å²) in [6.45, 7) is -1.64. The third-order valence-corrected chi connectivity index (χ3v) is 7.60. The summed E-state index contributed by atoms with van der Waals surface area (Å²) in [5, 5.41) is 0.371. The molecule has 14 heteroatoms. The predicted octanol–water partition coefficient (Wildman–Crippen LogP) is 1.78. The number of amides is 1. The van der Waals surface area contributed by atoms with Crippen LogP contribution in [0.3, 0.4) is 0 Å². The smallest absolute Gasteiger partial charge is 0.243 e. The molecule has 0 aromatic heterocycles. The highest BCUT2D eigenvalue weighted by atomic mass is 35.5. The van der Waals surface area contributed by atoms with E-state index in [1.54, 1.807) is 0 Å². The molecule has 0 radical (unpaired) electrons. The molecule has 0 saturated heterocycles. The number of nitrogens with two attached hydrogens (primary N) is 1. The number of hydrogen-bond donors (Lipinski definition) is 1. The van der Waals surface area contributed by atoms with E-state index in [0.717, 1.165) is 10.6 Å². The molecular formula is C18H20ClF2N3O6S2. The van der Waals surface area contributed by atoms with Gasteiger partial charge >= 0.3 is 0 Å². The van der Waals surface area contributed by atoms with Crippen LogP contribution < -0.4 is 10.5 Å². The summed E-state index contributed by atoms with van der Waals surface area (Å²) in [6.07, 6.45) is 0.907. The number of ether oxygens (including phenoxy) is 1. The van der Waals surface area contributed by atoms with Crippen molar-refractivity contribution in [3.63, 3.8) is 0 Å². The molecule has 0 heterocycles. The van der Waals surface area contributed by atoms with E-state index < -0.39 is 61.3 Å². The number of rotatable bonds is 10. The van der Waals surface area contributed by atoms with E-state index in [1.807, 2.05) is 0 Å². The minimum Gasteiger partial charge on any atom is -0.451 e. The molecule has 2 N–H and O–H groups in total. The van der Waals surface area contributed by atoms with Crippen molar-refractivity contribution < 1.29 is 35.1 Å². The molecule has 9 nitrogen and oxygen atoms in total. The van der Waals surface area contributed by atoms with Crippen LogP contribution in [0.15, 0.2) is 41.3 Å². The average Bonchev–Trinajstić information content (AvgIpc) is 2.67. The summed E-state index contributed by atoms with van der Waals surface area (Å²) in [7, 11) is -7.06. The number of hydrogen-bond acceptors (Lipinski definition) is 6. The van der Waals surface area contributed by atoms with Crippen LogP contribution in [0.4, 0.5) is 8.78 Å². The van der Waals surface area contributed by atoms with Gasteiger partial charge in [0.05, 0.1) is 17.7 Å². The van der Waals surface area contributed by atoms with E-state index in [4.69, 9.17) is 22.1 Å². The van der Waals surface area contributed by atoms with Gasteiger partial charge in [0.25, 0.3) is 0 Å². The molecule has 0 bridgehead atoms. The Morgan fingerprint density at radius 2 is 1.59 bits per heavy atom. The fraction of sp³-hybridized carbons (Fsp3) is 0.278. The van der Waals surface area contributed by atoms with Gasteiger partial charge in [-0.25, -0.2) is 29.9 Å². The van der Waals surface area contributed by atoms with Gasteiger partial charge in [-0.1, -0.05) is 11.6 Å². The SMILES string of the molecule is CN(CCN(CC(N)=O)S(=O)(=O)c1cc(F)c(Oc2ccc(Cl)cc2)c(F)c1)S(C)(=O)=O. The zero-order chi connectivity index (χ0) is 24.3. The second-order valence-corrected chi connectivity index (χ2v) is 11.1. The molecule has 1 amide bonds. The van der Waals surface area contributed by atoms with Crippen molar-refractivity contribution in [2.75, 3.05) is 32.9 Å². The number of primary amides is 1. The van der Waals surface area contributed by atoms with Crippen LogP contribution in [0.2, 0.25) is 5.02 Å². The molecule has 2 aromatic carbocycles. The van der Waals surface area contributed by atoms with Crippen molar-refractivity contribution in [3.05, 3.63) is 53.1 Å². The number of likely N-dealkylation sites (N-methyl/N-ethyl adjacent to an activating group) is 1. The van der Waals surface area contributed by atoms with Gasteiger partial charge in [-0.2, -0.15) is 4.31 Å². The van der Waals surface area contributed by atoms with Gasteiger partial charge in [0.2, 0.25) is 26.0 Å². The van der Waals surface area contributed by atoms with Crippen LogP contribution in [0.1, 0.15) is 0 Å². The van der Waals surface area contributed by atoms with Crippen LogP contribution in [-0.4, -0.2) is 64.3 Å². The first kappa shape index (κ1) is 25.9. The van der Waals surface area contributed by atoms with Crippen LogP contribution in [0.25, 0.3) is 0 Å². The first-order valence-electron chi connectivity index (χ1n) is 8.84. The Bertz CT molecular complexity index is 1180. The summed E-state index contributed by atoms with van der Waals surface area (Å²) < 4.78 is 84.5. The van der Waals surface area contributed by atoms with E-state index >= 15 is 0 Å². The Hall–Kier alpha value is -2.32. The summed E-state index contributed by atoms with van der Waals surface area (Å²) in [5.74, 6) is -4.46. The van der Waals surface area contributed by atoms with Gasteiger partial charge in [-0.3, -0.25) is 4.79 Å². The Labute approximate surface area is 189 Å². The van der Waals surface area contributed by atoms with E-state index in [1.165, 1.54) is 31.3 Å². The minimum absolute atomic E-state index is 0.0574. The van der Waals surface area contributed by atoms with E-state index in [-0.39, 0.29) is 12.3 Å². The zero-order valence-electron chi connectivity index (χ0n) is 17.0. The van der Waals surface area contributed by atoms with Gasteiger partial charge in [0, 0.05) is 25.2 Å². The highest BCUT2D eigenvalue weighted by molar-refractivity contribution is 7.89. The lowest BCUT2D eigenvalue weighted by atomic mass is 10.3. The molecule has 0 aliphatic carbocycles. The molecule has 0 spiro atoms. The first-order chi connectivity index (χ1) is 14.7.